The lowest BCUT2D eigenvalue weighted by Gasteiger charge is -2.18. The van der Waals surface area contributed by atoms with Crippen molar-refractivity contribution in [1.29, 1.82) is 0 Å². The van der Waals surface area contributed by atoms with Gasteiger partial charge in [-0.15, -0.1) is 0 Å². The van der Waals surface area contributed by atoms with Crippen molar-refractivity contribution in [3.8, 4) is 0 Å². The van der Waals surface area contributed by atoms with Gasteiger partial charge in [-0.3, -0.25) is 0 Å². The van der Waals surface area contributed by atoms with E-state index < -0.39 is 0 Å². The first-order valence-electron chi connectivity index (χ1n) is 5.90. The van der Waals surface area contributed by atoms with Crippen molar-refractivity contribution in [3.63, 3.8) is 0 Å². The Bertz CT molecular complexity index is 138. The molecule has 1 saturated heterocycles. The van der Waals surface area contributed by atoms with Gasteiger partial charge in [0.1, 0.15) is 0 Å². The quantitative estimate of drug-likeness (QED) is 0.549. The van der Waals surface area contributed by atoms with E-state index in [2.05, 4.69) is 20.8 Å². The van der Waals surface area contributed by atoms with Gasteiger partial charge in [-0.2, -0.15) is 0 Å². The highest BCUT2D eigenvalue weighted by Gasteiger charge is 2.43. The van der Waals surface area contributed by atoms with Crippen molar-refractivity contribution in [2.45, 2.75) is 64.9 Å². The molecular weight excluding hydrogens is 160 g/mol. The van der Waals surface area contributed by atoms with Gasteiger partial charge in [0, 0.05) is 0 Å². The van der Waals surface area contributed by atoms with Crippen molar-refractivity contribution in [2.24, 2.45) is 5.92 Å². The molecular formula is C12H24O. The van der Waals surface area contributed by atoms with Gasteiger partial charge in [0.2, 0.25) is 0 Å². The van der Waals surface area contributed by atoms with Crippen LogP contribution >= 0.6 is 0 Å². The molecule has 2 unspecified atom stereocenters. The lowest BCUT2D eigenvalue weighted by molar-refractivity contribution is 0.234. The van der Waals surface area contributed by atoms with Crippen molar-refractivity contribution >= 4 is 0 Å². The Hall–Kier alpha value is -0.0400. The fraction of sp³-hybridized carbons (Fsp3) is 1.00. The van der Waals surface area contributed by atoms with Crippen LogP contribution in [0.25, 0.3) is 0 Å². The maximum atomic E-state index is 5.56. The average Bonchev–Trinajstić information content (AvgIpc) is 2.93. The Labute approximate surface area is 82.9 Å². The smallest absolute Gasteiger partial charge is 0.0916 e. The topological polar surface area (TPSA) is 12.5 Å². The third kappa shape index (κ3) is 3.30. The largest absolute Gasteiger partial charge is 0.370 e. The Kier molecular flexibility index (Phi) is 4.24. The molecule has 0 aromatic heterocycles. The van der Waals surface area contributed by atoms with Gasteiger partial charge >= 0.3 is 0 Å². The average molecular weight is 184 g/mol. The van der Waals surface area contributed by atoms with E-state index in [0.29, 0.717) is 5.60 Å². The minimum Gasteiger partial charge on any atom is -0.370 e. The van der Waals surface area contributed by atoms with Gasteiger partial charge in [-0.25, -0.2) is 0 Å². The second kappa shape index (κ2) is 4.99. The minimum absolute atomic E-state index is 0.314. The van der Waals surface area contributed by atoms with Crippen LogP contribution in [0.2, 0.25) is 0 Å². The zero-order valence-corrected chi connectivity index (χ0v) is 9.44. The molecule has 1 nitrogen and oxygen atoms in total. The first-order chi connectivity index (χ1) is 6.26. The zero-order valence-electron chi connectivity index (χ0n) is 9.44. The first-order valence-corrected chi connectivity index (χ1v) is 5.90. The Balaban J connectivity index is 2.22. The maximum Gasteiger partial charge on any atom is 0.0916 e. The lowest BCUT2D eigenvalue weighted by atomic mass is 9.88. The third-order valence-electron chi connectivity index (χ3n) is 3.40. The molecule has 1 aliphatic heterocycles. The number of ether oxygens (including phenoxy) is 1. The predicted octanol–water partition coefficient (Wildman–Crippen LogP) is 3.77. The molecule has 78 valence electrons. The molecule has 1 aliphatic rings. The molecule has 0 aromatic rings. The monoisotopic (exact) mass is 184 g/mol. The molecule has 0 amide bonds. The minimum atomic E-state index is 0.314. The summed E-state index contributed by atoms with van der Waals surface area (Å²) in [7, 11) is 0. The van der Waals surface area contributed by atoms with Crippen molar-refractivity contribution in [1.82, 2.24) is 0 Å². The van der Waals surface area contributed by atoms with Crippen molar-refractivity contribution < 1.29 is 4.74 Å². The van der Waals surface area contributed by atoms with E-state index in [-0.39, 0.29) is 0 Å². The van der Waals surface area contributed by atoms with Crippen LogP contribution < -0.4 is 0 Å². The maximum absolute atomic E-state index is 5.56. The summed E-state index contributed by atoms with van der Waals surface area (Å²) in [5.41, 5.74) is 0.314. The van der Waals surface area contributed by atoms with Gasteiger partial charge in [0.25, 0.3) is 0 Å². The van der Waals surface area contributed by atoms with Crippen LogP contribution in [0.5, 0.6) is 0 Å². The SMILES string of the molecule is CCCCC(CC)CC1(CC)CO1. The normalized spacial score (nSPS) is 28.8. The number of rotatable bonds is 7. The van der Waals surface area contributed by atoms with Gasteiger partial charge in [0.05, 0.1) is 12.2 Å². The second-order valence-corrected chi connectivity index (χ2v) is 4.45. The van der Waals surface area contributed by atoms with Crippen molar-refractivity contribution in [2.75, 3.05) is 6.61 Å². The van der Waals surface area contributed by atoms with Crippen LogP contribution in [-0.2, 0) is 4.74 Å². The van der Waals surface area contributed by atoms with Gasteiger partial charge in [-0.05, 0) is 18.8 Å². The van der Waals surface area contributed by atoms with Crippen LogP contribution in [0.15, 0.2) is 0 Å². The lowest BCUT2D eigenvalue weighted by Crippen LogP contribution is -2.15. The molecule has 0 N–H and O–H groups in total. The Morgan fingerprint density at radius 2 is 2.00 bits per heavy atom. The summed E-state index contributed by atoms with van der Waals surface area (Å²) in [6, 6.07) is 0. The van der Waals surface area contributed by atoms with E-state index in [9.17, 15) is 0 Å². The summed E-state index contributed by atoms with van der Waals surface area (Å²) >= 11 is 0. The summed E-state index contributed by atoms with van der Waals surface area (Å²) in [5, 5.41) is 0. The molecule has 1 heterocycles. The van der Waals surface area contributed by atoms with Crippen LogP contribution in [-0.4, -0.2) is 12.2 Å². The number of epoxide rings is 1. The van der Waals surface area contributed by atoms with E-state index in [1.807, 2.05) is 0 Å². The van der Waals surface area contributed by atoms with Crippen LogP contribution in [0.1, 0.15) is 59.3 Å². The Morgan fingerprint density at radius 1 is 1.31 bits per heavy atom. The molecule has 0 spiro atoms. The fourth-order valence-electron chi connectivity index (χ4n) is 2.04. The number of hydrogen-bond donors (Lipinski definition) is 0. The molecule has 0 aliphatic carbocycles. The highest BCUT2D eigenvalue weighted by molar-refractivity contribution is 4.92. The molecule has 13 heavy (non-hydrogen) atoms. The van der Waals surface area contributed by atoms with E-state index in [1.54, 1.807) is 0 Å². The zero-order chi connectivity index (χ0) is 9.73. The van der Waals surface area contributed by atoms with Gasteiger partial charge in [0.15, 0.2) is 0 Å². The molecule has 1 rings (SSSR count). The summed E-state index contributed by atoms with van der Waals surface area (Å²) in [6.07, 6.45) is 7.95. The summed E-state index contributed by atoms with van der Waals surface area (Å²) in [6.45, 7) is 7.85. The molecule has 1 heteroatoms. The van der Waals surface area contributed by atoms with Gasteiger partial charge in [-0.1, -0.05) is 46.5 Å². The molecule has 0 aromatic carbocycles. The fourth-order valence-corrected chi connectivity index (χ4v) is 2.04. The highest BCUT2D eigenvalue weighted by Crippen LogP contribution is 2.39. The molecule has 2 atom stereocenters. The Morgan fingerprint density at radius 3 is 2.38 bits per heavy atom. The molecule has 0 saturated carbocycles. The molecule has 0 radical (unpaired) electrons. The predicted molar refractivity (Wildman–Crippen MR) is 56.9 cm³/mol. The van der Waals surface area contributed by atoms with E-state index in [0.717, 1.165) is 12.5 Å². The highest BCUT2D eigenvalue weighted by atomic mass is 16.6. The molecule has 1 fully saturated rings. The van der Waals surface area contributed by atoms with Crippen LogP contribution in [0, 0.1) is 5.92 Å². The second-order valence-electron chi connectivity index (χ2n) is 4.45. The van der Waals surface area contributed by atoms with Gasteiger partial charge < -0.3 is 4.74 Å². The van der Waals surface area contributed by atoms with Crippen molar-refractivity contribution in [3.05, 3.63) is 0 Å². The van der Waals surface area contributed by atoms with E-state index in [4.69, 9.17) is 4.74 Å². The first kappa shape index (κ1) is 11.0. The third-order valence-corrected chi connectivity index (χ3v) is 3.40. The molecule has 0 bridgehead atoms. The summed E-state index contributed by atoms with van der Waals surface area (Å²) in [5.74, 6) is 0.905. The van der Waals surface area contributed by atoms with E-state index in [1.165, 1.54) is 38.5 Å². The van der Waals surface area contributed by atoms with Crippen LogP contribution in [0.4, 0.5) is 0 Å². The van der Waals surface area contributed by atoms with E-state index >= 15 is 0 Å². The summed E-state index contributed by atoms with van der Waals surface area (Å²) < 4.78 is 5.56. The number of unbranched alkanes of at least 4 members (excludes halogenated alkanes) is 1. The summed E-state index contributed by atoms with van der Waals surface area (Å²) in [4.78, 5) is 0. The standard InChI is InChI=1S/C12H24O/c1-4-7-8-11(5-2)9-12(6-3)10-13-12/h11H,4-10H2,1-3H3. The number of hydrogen-bond acceptors (Lipinski definition) is 1. The van der Waals surface area contributed by atoms with Crippen LogP contribution in [0.3, 0.4) is 0 Å².